The third-order valence-corrected chi connectivity index (χ3v) is 5.76. The number of nitrogens with one attached hydrogen (secondary N) is 1. The molecule has 2 aliphatic rings. The van der Waals surface area contributed by atoms with Crippen molar-refractivity contribution in [1.82, 2.24) is 10.2 Å². The van der Waals surface area contributed by atoms with Gasteiger partial charge in [-0.1, -0.05) is 0 Å². The van der Waals surface area contributed by atoms with Crippen LogP contribution in [0.15, 0.2) is 6.07 Å². The largest absolute Gasteiger partial charge is 0.369 e. The molecule has 0 aromatic carbocycles. The molecule has 0 spiro atoms. The molecular weight excluding hydrogens is 298 g/mol. The number of nitrogens with zero attached hydrogens (tertiary/aromatic N) is 1. The minimum Gasteiger partial charge on any atom is -0.369 e. The number of carbonyl (C=O) groups excluding carboxylic acids is 2. The zero-order valence-electron chi connectivity index (χ0n) is 12.8. The second-order valence-corrected chi connectivity index (χ2v) is 7.39. The summed E-state index contributed by atoms with van der Waals surface area (Å²) in [5.74, 6) is -0.223. The number of likely N-dealkylation sites (tertiary alicyclic amines) is 1. The molecule has 1 aromatic rings. The van der Waals surface area contributed by atoms with Gasteiger partial charge < -0.3 is 11.1 Å². The van der Waals surface area contributed by atoms with E-state index in [1.165, 1.54) is 23.3 Å². The number of amides is 2. The van der Waals surface area contributed by atoms with Gasteiger partial charge in [0.1, 0.15) is 0 Å². The van der Waals surface area contributed by atoms with Crippen LogP contribution < -0.4 is 11.1 Å². The Morgan fingerprint density at radius 3 is 2.68 bits per heavy atom. The van der Waals surface area contributed by atoms with Crippen molar-refractivity contribution in [2.45, 2.75) is 44.6 Å². The van der Waals surface area contributed by atoms with Gasteiger partial charge in [0, 0.05) is 24.0 Å². The lowest BCUT2D eigenvalue weighted by Crippen LogP contribution is -2.46. The molecule has 1 aromatic heterocycles. The molecule has 1 saturated heterocycles. The van der Waals surface area contributed by atoms with E-state index < -0.39 is 0 Å². The van der Waals surface area contributed by atoms with Crippen molar-refractivity contribution in [2.24, 2.45) is 5.73 Å². The summed E-state index contributed by atoms with van der Waals surface area (Å²) < 4.78 is 0. The maximum absolute atomic E-state index is 12.4. The van der Waals surface area contributed by atoms with Crippen LogP contribution in [-0.2, 0) is 17.6 Å². The summed E-state index contributed by atoms with van der Waals surface area (Å²) in [4.78, 5) is 27.6. The van der Waals surface area contributed by atoms with E-state index in [0.29, 0.717) is 6.54 Å². The van der Waals surface area contributed by atoms with Crippen molar-refractivity contribution in [3.05, 3.63) is 21.4 Å². The van der Waals surface area contributed by atoms with Gasteiger partial charge >= 0.3 is 0 Å². The molecule has 0 unspecified atom stereocenters. The van der Waals surface area contributed by atoms with Gasteiger partial charge in [-0.15, -0.1) is 11.3 Å². The Hall–Kier alpha value is -1.40. The topological polar surface area (TPSA) is 75.4 Å². The SMILES string of the molecule is NC(=O)CN1CCC(NC(=O)c2cc3c(s2)CCCC3)CC1. The second-order valence-electron chi connectivity index (χ2n) is 6.26. The summed E-state index contributed by atoms with van der Waals surface area (Å²) in [5, 5.41) is 3.15. The van der Waals surface area contributed by atoms with Gasteiger partial charge in [0.15, 0.2) is 0 Å². The van der Waals surface area contributed by atoms with E-state index in [9.17, 15) is 9.59 Å². The molecule has 3 rings (SSSR count). The first-order chi connectivity index (χ1) is 10.6. The highest BCUT2D eigenvalue weighted by molar-refractivity contribution is 7.14. The normalized spacial score (nSPS) is 19.6. The fourth-order valence-corrected chi connectivity index (χ4v) is 4.47. The molecule has 1 aliphatic heterocycles. The Balaban J connectivity index is 1.52. The van der Waals surface area contributed by atoms with Gasteiger partial charge in [-0.25, -0.2) is 0 Å². The monoisotopic (exact) mass is 321 g/mol. The summed E-state index contributed by atoms with van der Waals surface area (Å²) in [7, 11) is 0. The van der Waals surface area contributed by atoms with Crippen molar-refractivity contribution in [2.75, 3.05) is 19.6 Å². The molecule has 22 heavy (non-hydrogen) atoms. The van der Waals surface area contributed by atoms with E-state index >= 15 is 0 Å². The highest BCUT2D eigenvalue weighted by atomic mass is 32.1. The number of fused-ring (bicyclic) bond motifs is 1. The van der Waals surface area contributed by atoms with Crippen LogP contribution in [0.4, 0.5) is 0 Å². The quantitative estimate of drug-likeness (QED) is 0.878. The van der Waals surface area contributed by atoms with Crippen molar-refractivity contribution >= 4 is 23.2 Å². The van der Waals surface area contributed by atoms with Gasteiger partial charge in [-0.2, -0.15) is 0 Å². The minimum atomic E-state index is -0.286. The Bertz CT molecular complexity index is 538. The average molecular weight is 321 g/mol. The fraction of sp³-hybridized carbons (Fsp3) is 0.625. The number of aryl methyl sites for hydroxylation is 2. The first kappa shape index (κ1) is 15.5. The molecule has 1 aliphatic carbocycles. The number of hydrogen-bond acceptors (Lipinski definition) is 4. The molecule has 3 N–H and O–H groups in total. The highest BCUT2D eigenvalue weighted by Gasteiger charge is 2.23. The highest BCUT2D eigenvalue weighted by Crippen LogP contribution is 2.29. The molecule has 2 amide bonds. The molecular formula is C16H23N3O2S. The lowest BCUT2D eigenvalue weighted by Gasteiger charge is -2.31. The fourth-order valence-electron chi connectivity index (χ4n) is 3.31. The van der Waals surface area contributed by atoms with E-state index in [1.807, 2.05) is 0 Å². The Morgan fingerprint density at radius 1 is 1.27 bits per heavy atom. The third-order valence-electron chi connectivity index (χ3n) is 4.52. The second kappa shape index (κ2) is 6.79. The summed E-state index contributed by atoms with van der Waals surface area (Å²) in [6.45, 7) is 1.95. The van der Waals surface area contributed by atoms with Crippen molar-refractivity contribution < 1.29 is 9.59 Å². The van der Waals surface area contributed by atoms with E-state index in [0.717, 1.165) is 43.6 Å². The Kier molecular flexibility index (Phi) is 4.78. The number of hydrogen-bond donors (Lipinski definition) is 2. The maximum atomic E-state index is 12.4. The number of carbonyl (C=O) groups is 2. The molecule has 5 nitrogen and oxygen atoms in total. The van der Waals surface area contributed by atoms with Crippen molar-refractivity contribution in [3.63, 3.8) is 0 Å². The lowest BCUT2D eigenvalue weighted by molar-refractivity contribution is -0.119. The molecule has 120 valence electrons. The summed E-state index contributed by atoms with van der Waals surface area (Å²) in [6, 6.07) is 2.28. The molecule has 1 fully saturated rings. The molecule has 0 saturated carbocycles. The number of rotatable bonds is 4. The van der Waals surface area contributed by atoms with Gasteiger partial charge in [-0.05, 0) is 50.2 Å². The predicted molar refractivity (Wildman–Crippen MR) is 87.1 cm³/mol. The molecule has 6 heteroatoms. The van der Waals surface area contributed by atoms with Crippen LogP contribution in [0.1, 0.15) is 45.8 Å². The van der Waals surface area contributed by atoms with Gasteiger partial charge in [-0.3, -0.25) is 14.5 Å². The first-order valence-electron chi connectivity index (χ1n) is 8.05. The summed E-state index contributed by atoms with van der Waals surface area (Å²) in [6.07, 6.45) is 6.48. The van der Waals surface area contributed by atoms with Gasteiger partial charge in [0.25, 0.3) is 5.91 Å². The Morgan fingerprint density at radius 2 is 2.00 bits per heavy atom. The van der Waals surface area contributed by atoms with Crippen LogP contribution in [0, 0.1) is 0 Å². The summed E-state index contributed by atoms with van der Waals surface area (Å²) in [5.41, 5.74) is 6.59. The van der Waals surface area contributed by atoms with Gasteiger partial charge in [0.05, 0.1) is 11.4 Å². The van der Waals surface area contributed by atoms with Crippen molar-refractivity contribution in [3.8, 4) is 0 Å². The standard InChI is InChI=1S/C16H23N3O2S/c17-15(20)10-19-7-5-12(6-8-19)18-16(21)14-9-11-3-1-2-4-13(11)22-14/h9,12H,1-8,10H2,(H2,17,20)(H,18,21). The zero-order valence-corrected chi connectivity index (χ0v) is 13.6. The third kappa shape index (κ3) is 3.67. The van der Waals surface area contributed by atoms with Gasteiger partial charge in [0.2, 0.25) is 5.91 Å². The smallest absolute Gasteiger partial charge is 0.261 e. The first-order valence-corrected chi connectivity index (χ1v) is 8.86. The van der Waals surface area contributed by atoms with Crippen molar-refractivity contribution in [1.29, 1.82) is 0 Å². The van der Waals surface area contributed by atoms with Crippen LogP contribution in [0.3, 0.4) is 0 Å². The lowest BCUT2D eigenvalue weighted by atomic mass is 9.99. The van der Waals surface area contributed by atoms with E-state index in [-0.39, 0.29) is 17.9 Å². The molecule has 0 bridgehead atoms. The summed E-state index contributed by atoms with van der Waals surface area (Å²) >= 11 is 1.66. The van der Waals surface area contributed by atoms with E-state index in [4.69, 9.17) is 5.73 Å². The van der Waals surface area contributed by atoms with E-state index in [1.54, 1.807) is 11.3 Å². The van der Waals surface area contributed by atoms with Crippen LogP contribution in [-0.4, -0.2) is 42.4 Å². The van der Waals surface area contributed by atoms with Crippen LogP contribution in [0.25, 0.3) is 0 Å². The van der Waals surface area contributed by atoms with Crippen LogP contribution in [0.5, 0.6) is 0 Å². The predicted octanol–water partition coefficient (Wildman–Crippen LogP) is 1.31. The Labute approximate surface area is 134 Å². The van der Waals surface area contributed by atoms with Crippen LogP contribution in [0.2, 0.25) is 0 Å². The molecule has 2 heterocycles. The average Bonchev–Trinajstić information content (AvgIpc) is 2.93. The number of nitrogens with two attached hydrogens (primary N) is 1. The maximum Gasteiger partial charge on any atom is 0.261 e. The number of thiophene rings is 1. The number of piperidine rings is 1. The molecule has 0 atom stereocenters. The van der Waals surface area contributed by atoms with E-state index in [2.05, 4.69) is 16.3 Å². The number of primary amides is 1. The molecule has 0 radical (unpaired) electrons. The minimum absolute atomic E-state index is 0.0627. The zero-order chi connectivity index (χ0) is 15.5. The van der Waals surface area contributed by atoms with Crippen LogP contribution >= 0.6 is 11.3 Å².